The molecule has 0 spiro atoms. The van der Waals surface area contributed by atoms with Gasteiger partial charge in [-0.25, -0.2) is 8.42 Å². The Bertz CT molecular complexity index is 677. The third kappa shape index (κ3) is 3.87. The molecule has 0 bridgehead atoms. The van der Waals surface area contributed by atoms with Crippen LogP contribution in [0.15, 0.2) is 58.3 Å². The van der Waals surface area contributed by atoms with Crippen LogP contribution in [0.2, 0.25) is 0 Å². The zero-order valence-electron chi connectivity index (χ0n) is 11.7. The lowest BCUT2D eigenvalue weighted by molar-refractivity contribution is 0.597. The Hall–Kier alpha value is -1.26. The van der Waals surface area contributed by atoms with E-state index >= 15 is 0 Å². The molecule has 0 unspecified atom stereocenters. The average Bonchev–Trinajstić information content (AvgIpc) is 2.42. The van der Waals surface area contributed by atoms with Crippen LogP contribution >= 0.6 is 11.8 Å². The summed E-state index contributed by atoms with van der Waals surface area (Å²) in [5.74, 6) is 0.732. The lowest BCUT2D eigenvalue weighted by Gasteiger charge is -2.07. The maximum atomic E-state index is 12.1. The van der Waals surface area contributed by atoms with Crippen molar-refractivity contribution in [3.8, 4) is 0 Å². The summed E-state index contributed by atoms with van der Waals surface area (Å²) >= 11 is 1.60. The minimum atomic E-state index is -3.17. The van der Waals surface area contributed by atoms with Crippen molar-refractivity contribution < 1.29 is 8.42 Å². The Morgan fingerprint density at radius 2 is 1.70 bits per heavy atom. The molecule has 0 aliphatic carbocycles. The van der Waals surface area contributed by atoms with Crippen molar-refractivity contribution in [2.45, 2.75) is 23.6 Å². The Morgan fingerprint density at radius 1 is 1.00 bits per heavy atom. The van der Waals surface area contributed by atoms with E-state index < -0.39 is 9.84 Å². The fourth-order valence-electron chi connectivity index (χ4n) is 1.97. The predicted molar refractivity (Wildman–Crippen MR) is 85.1 cm³/mol. The summed E-state index contributed by atoms with van der Waals surface area (Å²) in [6.45, 7) is 4.11. The summed E-state index contributed by atoms with van der Waals surface area (Å²) in [6, 6.07) is 14.9. The molecule has 0 saturated heterocycles. The summed E-state index contributed by atoms with van der Waals surface area (Å²) in [6.07, 6.45) is 0. The number of aryl methyl sites for hydroxylation is 2. The Labute approximate surface area is 125 Å². The summed E-state index contributed by atoms with van der Waals surface area (Å²) in [7, 11) is -3.17. The number of hydrogen-bond acceptors (Lipinski definition) is 3. The molecule has 0 fully saturated rings. The molecule has 2 rings (SSSR count). The van der Waals surface area contributed by atoms with Gasteiger partial charge in [0.05, 0.1) is 10.6 Å². The quantitative estimate of drug-likeness (QED) is 0.786. The molecule has 0 aliphatic rings. The number of benzene rings is 2. The van der Waals surface area contributed by atoms with Gasteiger partial charge in [0.1, 0.15) is 0 Å². The molecule has 2 nitrogen and oxygen atoms in total. The molecule has 0 aromatic heterocycles. The second-order valence-electron chi connectivity index (χ2n) is 4.75. The summed E-state index contributed by atoms with van der Waals surface area (Å²) in [5, 5.41) is 0. The second-order valence-corrected chi connectivity index (χ2v) is 8.00. The van der Waals surface area contributed by atoms with Gasteiger partial charge in [0.15, 0.2) is 9.84 Å². The molecule has 0 heterocycles. The number of thioether (sulfide) groups is 1. The van der Waals surface area contributed by atoms with E-state index in [0.29, 0.717) is 10.6 Å². The molecule has 0 aliphatic heterocycles. The molecule has 0 radical (unpaired) electrons. The maximum absolute atomic E-state index is 12.1. The molecular weight excluding hydrogens is 288 g/mol. The molecule has 2 aromatic rings. The van der Waals surface area contributed by atoms with Crippen LogP contribution in [-0.2, 0) is 9.84 Å². The minimum Gasteiger partial charge on any atom is -0.224 e. The first-order valence-electron chi connectivity index (χ1n) is 6.47. The lowest BCUT2D eigenvalue weighted by Crippen LogP contribution is -2.08. The highest BCUT2D eigenvalue weighted by Gasteiger charge is 2.13. The lowest BCUT2D eigenvalue weighted by atomic mass is 10.2. The van der Waals surface area contributed by atoms with Crippen LogP contribution in [0.5, 0.6) is 0 Å². The summed E-state index contributed by atoms with van der Waals surface area (Å²) in [4.78, 5) is 1.56. The highest BCUT2D eigenvalue weighted by molar-refractivity contribution is 8.00. The second kappa shape index (κ2) is 6.46. The van der Waals surface area contributed by atoms with Gasteiger partial charge < -0.3 is 0 Å². The van der Waals surface area contributed by atoms with Gasteiger partial charge in [0, 0.05) is 10.6 Å². The van der Waals surface area contributed by atoms with E-state index in [9.17, 15) is 8.42 Å². The SMILES string of the molecule is Cc1ccc(SCCS(=O)(=O)c2ccccc2)c(C)c1. The van der Waals surface area contributed by atoms with Gasteiger partial charge in [-0.15, -0.1) is 11.8 Å². The maximum Gasteiger partial charge on any atom is 0.179 e. The van der Waals surface area contributed by atoms with Crippen LogP contribution in [-0.4, -0.2) is 19.9 Å². The van der Waals surface area contributed by atoms with Crippen LogP contribution in [0.3, 0.4) is 0 Å². The molecule has 0 saturated carbocycles. The van der Waals surface area contributed by atoms with Gasteiger partial charge in [-0.3, -0.25) is 0 Å². The van der Waals surface area contributed by atoms with Crippen molar-refractivity contribution in [3.63, 3.8) is 0 Å². The third-order valence-electron chi connectivity index (χ3n) is 3.04. The van der Waals surface area contributed by atoms with Crippen molar-refractivity contribution in [1.82, 2.24) is 0 Å². The van der Waals surface area contributed by atoms with E-state index in [4.69, 9.17) is 0 Å². The van der Waals surface area contributed by atoms with Crippen molar-refractivity contribution in [2.24, 2.45) is 0 Å². The van der Waals surface area contributed by atoms with Gasteiger partial charge in [-0.2, -0.15) is 0 Å². The van der Waals surface area contributed by atoms with Crippen molar-refractivity contribution >= 4 is 21.6 Å². The van der Waals surface area contributed by atoms with E-state index in [0.717, 1.165) is 4.90 Å². The zero-order chi connectivity index (χ0) is 14.6. The highest BCUT2D eigenvalue weighted by atomic mass is 32.2. The Kier molecular flexibility index (Phi) is 4.89. The van der Waals surface area contributed by atoms with Gasteiger partial charge in [-0.1, -0.05) is 35.9 Å². The summed E-state index contributed by atoms with van der Waals surface area (Å²) in [5.41, 5.74) is 2.43. The van der Waals surface area contributed by atoms with Crippen LogP contribution in [0.1, 0.15) is 11.1 Å². The fraction of sp³-hybridized carbons (Fsp3) is 0.250. The molecule has 20 heavy (non-hydrogen) atoms. The van der Waals surface area contributed by atoms with Crippen molar-refractivity contribution in [3.05, 3.63) is 59.7 Å². The molecule has 4 heteroatoms. The average molecular weight is 306 g/mol. The normalized spacial score (nSPS) is 11.5. The minimum absolute atomic E-state index is 0.162. The standard InChI is InChI=1S/C16H18O2S2/c1-13-8-9-16(14(2)12-13)19-10-11-20(17,18)15-6-4-3-5-7-15/h3-9,12H,10-11H2,1-2H3. The van der Waals surface area contributed by atoms with Crippen molar-refractivity contribution in [2.75, 3.05) is 11.5 Å². The van der Waals surface area contributed by atoms with Gasteiger partial charge in [0.2, 0.25) is 0 Å². The van der Waals surface area contributed by atoms with Gasteiger partial charge in [0.25, 0.3) is 0 Å². The molecule has 0 N–H and O–H groups in total. The van der Waals surface area contributed by atoms with Crippen LogP contribution in [0.4, 0.5) is 0 Å². The van der Waals surface area contributed by atoms with Crippen molar-refractivity contribution in [1.29, 1.82) is 0 Å². The number of hydrogen-bond donors (Lipinski definition) is 0. The monoisotopic (exact) mass is 306 g/mol. The van der Waals surface area contributed by atoms with Gasteiger partial charge >= 0.3 is 0 Å². The number of sulfone groups is 1. The summed E-state index contributed by atoms with van der Waals surface area (Å²) < 4.78 is 24.3. The first-order valence-corrected chi connectivity index (χ1v) is 9.11. The molecular formula is C16H18O2S2. The van der Waals surface area contributed by atoms with E-state index in [2.05, 4.69) is 32.0 Å². The Balaban J connectivity index is 1.99. The first-order chi connectivity index (χ1) is 9.49. The first kappa shape index (κ1) is 15.1. The van der Waals surface area contributed by atoms with Crippen LogP contribution in [0, 0.1) is 13.8 Å². The third-order valence-corrected chi connectivity index (χ3v) is 6.21. The molecule has 0 atom stereocenters. The van der Waals surface area contributed by atoms with Gasteiger partial charge in [-0.05, 0) is 37.6 Å². The number of rotatable bonds is 5. The Morgan fingerprint density at radius 3 is 2.35 bits per heavy atom. The van der Waals surface area contributed by atoms with E-state index in [1.807, 2.05) is 6.07 Å². The molecule has 106 valence electrons. The van der Waals surface area contributed by atoms with E-state index in [-0.39, 0.29) is 5.75 Å². The topological polar surface area (TPSA) is 34.1 Å². The largest absolute Gasteiger partial charge is 0.224 e. The van der Waals surface area contributed by atoms with Crippen LogP contribution < -0.4 is 0 Å². The van der Waals surface area contributed by atoms with Crippen LogP contribution in [0.25, 0.3) is 0 Å². The fourth-order valence-corrected chi connectivity index (χ4v) is 4.66. The zero-order valence-corrected chi connectivity index (χ0v) is 13.3. The predicted octanol–water partition coefficient (Wildman–Crippen LogP) is 3.87. The molecule has 0 amide bonds. The smallest absolute Gasteiger partial charge is 0.179 e. The van der Waals surface area contributed by atoms with E-state index in [1.54, 1.807) is 36.0 Å². The molecule has 2 aromatic carbocycles. The van der Waals surface area contributed by atoms with E-state index in [1.165, 1.54) is 11.1 Å². The highest BCUT2D eigenvalue weighted by Crippen LogP contribution is 2.24.